The minimum Gasteiger partial charge on any atom is -0.394 e. The SMILES string of the molecule is O=S(=O)(O)CCCOC[C@H]1O[C@@H]2O[C@H]3[C@H](O)[C@@H](O)[C@@H](O[C@H]4[C@H](O)[C@@H](O)[C@@H](O[C@H]5[C@H](O)[C@@H](O)[C@@H](O[C@H]6[C@H](O)[C@@H](O)[C@@H](O[C@H]7[C@H](O)[C@@H](O)[C@@H](O[C@H]8[C@H](O)[C@@H](O)[C@@H](O[C@H]1[C@H](O)[C@H]2O)O[C@@H]8CO)O[C@@H]7CO)O[C@@H]6CO)O[C@@H]5CO)O[C@@H]4CO)O[C@@H]3CO. The molecule has 35 atom stereocenters. The van der Waals surface area contributed by atoms with Crippen LogP contribution in [0.25, 0.3) is 0 Å². The summed E-state index contributed by atoms with van der Waals surface area (Å²) in [4.78, 5) is 0. The van der Waals surface area contributed by atoms with E-state index in [0.717, 1.165) is 0 Å². The Labute approximate surface area is 475 Å². The molecule has 0 amide bonds. The first-order chi connectivity index (χ1) is 39.8. The highest BCUT2D eigenvalue weighted by atomic mass is 32.2. The predicted octanol–water partition coefficient (Wildman–Crippen LogP) is -14.9. The second-order valence-electron chi connectivity index (χ2n) is 21.2. The van der Waals surface area contributed by atoms with Crippen molar-refractivity contribution >= 4 is 10.1 Å². The summed E-state index contributed by atoms with van der Waals surface area (Å²) in [6, 6.07) is 0. The summed E-state index contributed by atoms with van der Waals surface area (Å²) in [6.45, 7) is -7.62. The fourth-order valence-corrected chi connectivity index (χ4v) is 11.4. The molecule has 0 radical (unpaired) electrons. The molecule has 84 heavy (non-hydrogen) atoms. The van der Waals surface area contributed by atoms with Crippen molar-refractivity contribution in [1.82, 2.24) is 0 Å². The van der Waals surface area contributed by atoms with Crippen molar-refractivity contribution in [3.05, 3.63) is 0 Å². The number of ether oxygens (including phenoxy) is 15. The quantitative estimate of drug-likeness (QED) is 0.0637. The first kappa shape index (κ1) is 68.4. The largest absolute Gasteiger partial charge is 0.394 e. The Balaban J connectivity index is 1.09. The molecular formula is C45H76O38S. The van der Waals surface area contributed by atoms with Gasteiger partial charge in [0.1, 0.15) is 171 Å². The van der Waals surface area contributed by atoms with Gasteiger partial charge < -0.3 is 173 Å². The van der Waals surface area contributed by atoms with Crippen LogP contribution in [0.15, 0.2) is 0 Å². The third-order valence-electron chi connectivity index (χ3n) is 15.6. The van der Waals surface area contributed by atoms with Gasteiger partial charge >= 0.3 is 0 Å². The van der Waals surface area contributed by atoms with Crippen LogP contribution >= 0.6 is 0 Å². The van der Waals surface area contributed by atoms with Gasteiger partial charge in [0, 0.05) is 6.61 Å². The van der Waals surface area contributed by atoms with Crippen LogP contribution in [-0.2, 0) is 81.2 Å². The lowest BCUT2D eigenvalue weighted by molar-refractivity contribution is -0.397. The first-order valence-corrected chi connectivity index (χ1v) is 28.3. The predicted molar refractivity (Wildman–Crippen MR) is 253 cm³/mol. The summed E-state index contributed by atoms with van der Waals surface area (Å²) < 4.78 is 118. The van der Waals surface area contributed by atoms with Crippen molar-refractivity contribution in [2.45, 2.75) is 221 Å². The van der Waals surface area contributed by atoms with E-state index in [1.165, 1.54) is 0 Å². The number of rotatable bonds is 12. The highest BCUT2D eigenvalue weighted by molar-refractivity contribution is 7.85. The maximum absolute atomic E-state index is 11.6. The summed E-state index contributed by atoms with van der Waals surface area (Å²) in [6.07, 6.45) is -72.0. The van der Waals surface area contributed by atoms with Crippen molar-refractivity contribution in [2.24, 2.45) is 0 Å². The molecule has 0 aromatic carbocycles. The molecule has 0 saturated carbocycles. The molecule has 21 aliphatic rings. The minimum absolute atomic E-state index is 0.317. The van der Waals surface area contributed by atoms with Gasteiger partial charge in [-0.15, -0.1) is 0 Å². The van der Waals surface area contributed by atoms with Gasteiger partial charge in [-0.25, -0.2) is 0 Å². The van der Waals surface area contributed by atoms with Crippen LogP contribution < -0.4 is 0 Å². The lowest BCUT2D eigenvalue weighted by atomic mass is 9.95. The molecule has 38 nitrogen and oxygen atoms in total. The molecule has 14 bridgehead atoms. The molecule has 0 unspecified atom stereocenters. The lowest BCUT2D eigenvalue weighted by Crippen LogP contribution is -2.68. The zero-order valence-corrected chi connectivity index (χ0v) is 44.8. The van der Waals surface area contributed by atoms with E-state index in [0.29, 0.717) is 0 Å². The van der Waals surface area contributed by atoms with Gasteiger partial charge in [-0.2, -0.15) is 8.42 Å². The molecular weight excluding hydrogens is 1180 g/mol. The highest BCUT2D eigenvalue weighted by Crippen LogP contribution is 2.39. The topological polar surface area (TPSA) is 597 Å². The Hall–Kier alpha value is -1.49. The summed E-state index contributed by atoms with van der Waals surface area (Å²) in [5.41, 5.74) is 0. The lowest BCUT2D eigenvalue weighted by Gasteiger charge is -2.50. The second kappa shape index (κ2) is 29.2. The molecule has 21 N–H and O–H groups in total. The summed E-state index contributed by atoms with van der Waals surface area (Å²) >= 11 is 0. The molecule has 21 fully saturated rings. The van der Waals surface area contributed by atoms with E-state index in [9.17, 15) is 115 Å². The van der Waals surface area contributed by atoms with E-state index in [1.54, 1.807) is 0 Å². The Morgan fingerprint density at radius 2 is 0.452 bits per heavy atom. The van der Waals surface area contributed by atoms with Crippen molar-refractivity contribution in [1.29, 1.82) is 0 Å². The van der Waals surface area contributed by atoms with Gasteiger partial charge in [-0.05, 0) is 6.42 Å². The number of aliphatic hydroxyl groups excluding tert-OH is 20. The van der Waals surface area contributed by atoms with E-state index in [-0.39, 0.29) is 6.42 Å². The van der Waals surface area contributed by atoms with Gasteiger partial charge in [-0.1, -0.05) is 0 Å². The van der Waals surface area contributed by atoms with Gasteiger partial charge in [0.25, 0.3) is 10.1 Å². The van der Waals surface area contributed by atoms with Gasteiger partial charge in [0.2, 0.25) is 0 Å². The molecule has 0 spiro atoms. The van der Waals surface area contributed by atoms with E-state index in [2.05, 4.69) is 0 Å². The summed E-state index contributed by atoms with van der Waals surface area (Å²) in [5, 5.41) is 222. The van der Waals surface area contributed by atoms with Crippen molar-refractivity contribution in [3.63, 3.8) is 0 Å². The number of hydrogen-bond donors (Lipinski definition) is 21. The number of hydrogen-bond acceptors (Lipinski definition) is 37. The van der Waals surface area contributed by atoms with Crippen molar-refractivity contribution < 1.29 is 186 Å². The molecule has 21 aliphatic heterocycles. The van der Waals surface area contributed by atoms with Crippen LogP contribution in [0.3, 0.4) is 0 Å². The number of aliphatic hydroxyl groups is 20. The highest BCUT2D eigenvalue weighted by Gasteiger charge is 2.59. The van der Waals surface area contributed by atoms with Gasteiger partial charge in [-0.3, -0.25) is 4.55 Å². The van der Waals surface area contributed by atoms with Crippen LogP contribution in [0.1, 0.15) is 6.42 Å². The molecule has 21 saturated heterocycles. The molecule has 0 aliphatic carbocycles. The fraction of sp³-hybridized carbons (Fsp3) is 1.00. The van der Waals surface area contributed by atoms with E-state index >= 15 is 0 Å². The molecule has 21 heterocycles. The van der Waals surface area contributed by atoms with Gasteiger partial charge in [0.05, 0.1) is 52.0 Å². The zero-order chi connectivity index (χ0) is 61.4. The first-order valence-electron chi connectivity index (χ1n) is 26.7. The van der Waals surface area contributed by atoms with Crippen LogP contribution in [0, 0.1) is 0 Å². The van der Waals surface area contributed by atoms with Crippen LogP contribution in [0.2, 0.25) is 0 Å². The molecule has 39 heteroatoms. The molecule has 490 valence electrons. The third-order valence-corrected chi connectivity index (χ3v) is 16.4. The van der Waals surface area contributed by atoms with Crippen LogP contribution in [0.5, 0.6) is 0 Å². The molecule has 0 aromatic rings. The van der Waals surface area contributed by atoms with E-state index < -0.39 is 284 Å². The third kappa shape index (κ3) is 14.5. The zero-order valence-electron chi connectivity index (χ0n) is 44.0. The normalized spacial score (nSPS) is 51.9. The average Bonchev–Trinajstić information content (AvgIpc) is 3.36. The Kier molecular flexibility index (Phi) is 23.8. The second-order valence-corrected chi connectivity index (χ2v) is 22.8. The minimum atomic E-state index is -4.48. The maximum atomic E-state index is 11.6. The average molecular weight is 1260 g/mol. The standard InChI is InChI=1S/C45H76O38S/c46-4-11-32-19(53)26(60)40(71-11)79-34-13(6-48)73-42(28(62)21(34)55)81-36-15(8-50)75-44(30(64)23(36)57)83-38-17(10-69-2-1-3-84(66,67)68)76-45(31(65)24(38)58)82-37-16(9-51)74-43(29(63)22(37)56)80-35-14(7-49)72-41(27(61)20(35)54)78-33-12(5-47)70-39(77-32)25(59)18(33)52/h11-65H,1-10H2,(H,66,67,68)/t11-,12-,13-,14-,15-,16-,17-,18-,19-,20-,21-,22-,23-,24-,25-,26-,27-,28-,29-,30-,31-,32-,33-,34-,35-,36-,37-,38-,39-,40-,41-,42-,43-,44-,45-/m1/s1. The monoisotopic (exact) mass is 1260 g/mol. The fourth-order valence-electron chi connectivity index (χ4n) is 10.9. The summed E-state index contributed by atoms with van der Waals surface area (Å²) in [5.74, 6) is -0.779. The molecule has 21 rings (SSSR count). The van der Waals surface area contributed by atoms with Crippen molar-refractivity contribution in [3.8, 4) is 0 Å². The van der Waals surface area contributed by atoms with Crippen LogP contribution in [0.4, 0.5) is 0 Å². The maximum Gasteiger partial charge on any atom is 0.264 e. The van der Waals surface area contributed by atoms with Crippen molar-refractivity contribution in [2.75, 3.05) is 58.6 Å². The Bertz CT molecular complexity index is 2130. The van der Waals surface area contributed by atoms with Gasteiger partial charge in [0.15, 0.2) is 44.0 Å². The summed E-state index contributed by atoms with van der Waals surface area (Å²) in [7, 11) is -4.48. The van der Waals surface area contributed by atoms with Crippen LogP contribution in [-0.4, -0.2) is 389 Å². The molecule has 0 aromatic heterocycles. The Morgan fingerprint density at radius 3 is 0.631 bits per heavy atom. The van der Waals surface area contributed by atoms with E-state index in [4.69, 9.17) is 71.1 Å². The Morgan fingerprint density at radius 1 is 0.274 bits per heavy atom. The van der Waals surface area contributed by atoms with E-state index in [1.807, 2.05) is 0 Å². The smallest absolute Gasteiger partial charge is 0.264 e.